The number of benzene rings is 2. The normalized spacial score (nSPS) is 10.6. The number of ether oxygens (including phenoxy) is 1. The number of phenolic OH excluding ortho intramolecular Hbond substituents is 1. The first kappa shape index (κ1) is 14.6. The van der Waals surface area contributed by atoms with E-state index >= 15 is 0 Å². The van der Waals surface area contributed by atoms with Gasteiger partial charge in [-0.3, -0.25) is 4.79 Å². The lowest BCUT2D eigenvalue weighted by molar-refractivity contribution is 0.0952. The molecule has 0 aromatic heterocycles. The minimum absolute atomic E-state index is 0.0779. The van der Waals surface area contributed by atoms with Crippen molar-refractivity contribution >= 4 is 12.1 Å². The van der Waals surface area contributed by atoms with Crippen LogP contribution in [0.3, 0.4) is 0 Å². The van der Waals surface area contributed by atoms with Gasteiger partial charge in [-0.1, -0.05) is 12.1 Å². The highest BCUT2D eigenvalue weighted by Crippen LogP contribution is 2.16. The Hall–Kier alpha value is -2.82. The Kier molecular flexibility index (Phi) is 4.56. The van der Waals surface area contributed by atoms with Crippen LogP contribution in [0.2, 0.25) is 0 Å². The maximum atomic E-state index is 11.8. The van der Waals surface area contributed by atoms with Gasteiger partial charge in [0.2, 0.25) is 0 Å². The average Bonchev–Trinajstić information content (AvgIpc) is 2.49. The van der Waals surface area contributed by atoms with E-state index in [1.165, 1.54) is 12.1 Å². The summed E-state index contributed by atoms with van der Waals surface area (Å²) in [6.45, 7) is 1.93. The number of hydrazone groups is 1. The molecule has 0 saturated carbocycles. The molecule has 0 heterocycles. The van der Waals surface area contributed by atoms with Crippen LogP contribution in [0.4, 0.5) is 0 Å². The van der Waals surface area contributed by atoms with Crippen molar-refractivity contribution in [1.82, 2.24) is 5.43 Å². The Morgan fingerprint density at radius 1 is 1.29 bits per heavy atom. The highest BCUT2D eigenvalue weighted by atomic mass is 16.5. The van der Waals surface area contributed by atoms with Crippen LogP contribution in [-0.4, -0.2) is 24.3 Å². The van der Waals surface area contributed by atoms with E-state index in [0.29, 0.717) is 0 Å². The van der Waals surface area contributed by atoms with E-state index in [0.717, 1.165) is 16.9 Å². The van der Waals surface area contributed by atoms with Crippen molar-refractivity contribution in [3.8, 4) is 11.5 Å². The number of carbonyl (C=O) groups excluding carboxylic acids is 1. The van der Waals surface area contributed by atoms with Gasteiger partial charge in [0.25, 0.3) is 5.91 Å². The third-order valence-electron chi connectivity index (χ3n) is 3.00. The average molecular weight is 284 g/mol. The number of nitrogens with one attached hydrogen (secondary N) is 1. The lowest BCUT2D eigenvalue weighted by Crippen LogP contribution is -2.17. The van der Waals surface area contributed by atoms with Gasteiger partial charge in [-0.05, 0) is 48.4 Å². The quantitative estimate of drug-likeness (QED) is 0.669. The van der Waals surface area contributed by atoms with Crippen LogP contribution < -0.4 is 10.2 Å². The molecule has 5 heteroatoms. The number of amides is 1. The maximum Gasteiger partial charge on any atom is 0.275 e. The van der Waals surface area contributed by atoms with Crippen LogP contribution in [-0.2, 0) is 0 Å². The Morgan fingerprint density at radius 2 is 2.05 bits per heavy atom. The fourth-order valence-electron chi connectivity index (χ4n) is 1.81. The number of carbonyl (C=O) groups is 1. The number of methoxy groups -OCH3 is 1. The zero-order valence-corrected chi connectivity index (χ0v) is 11.8. The molecule has 0 saturated heterocycles. The number of aryl methyl sites for hydroxylation is 1. The summed E-state index contributed by atoms with van der Waals surface area (Å²) in [6, 6.07) is 11.8. The van der Waals surface area contributed by atoms with E-state index in [1.54, 1.807) is 25.5 Å². The SMILES string of the molecule is COc1ccc(/C=N/NC(=O)c2ccccc2O)c(C)c1. The zero-order chi connectivity index (χ0) is 15.2. The number of para-hydroxylation sites is 1. The lowest BCUT2D eigenvalue weighted by atomic mass is 10.1. The van der Waals surface area contributed by atoms with Crippen molar-refractivity contribution in [2.45, 2.75) is 6.92 Å². The second-order valence-corrected chi connectivity index (χ2v) is 4.44. The van der Waals surface area contributed by atoms with Gasteiger partial charge in [-0.2, -0.15) is 5.10 Å². The lowest BCUT2D eigenvalue weighted by Gasteiger charge is -2.04. The van der Waals surface area contributed by atoms with E-state index in [2.05, 4.69) is 10.5 Å². The minimum Gasteiger partial charge on any atom is -0.507 e. The van der Waals surface area contributed by atoms with Crippen molar-refractivity contribution in [2.24, 2.45) is 5.10 Å². The molecule has 0 aliphatic rings. The summed E-state index contributed by atoms with van der Waals surface area (Å²) in [5.74, 6) is 0.226. The summed E-state index contributed by atoms with van der Waals surface area (Å²) in [4.78, 5) is 11.8. The smallest absolute Gasteiger partial charge is 0.275 e. The molecule has 1 amide bonds. The fourth-order valence-corrected chi connectivity index (χ4v) is 1.81. The summed E-state index contributed by atoms with van der Waals surface area (Å²) in [6.07, 6.45) is 1.55. The highest BCUT2D eigenvalue weighted by molar-refractivity contribution is 5.97. The molecule has 21 heavy (non-hydrogen) atoms. The number of hydrogen-bond donors (Lipinski definition) is 2. The predicted molar refractivity (Wildman–Crippen MR) is 80.9 cm³/mol. The van der Waals surface area contributed by atoms with Crippen molar-refractivity contribution in [2.75, 3.05) is 7.11 Å². The number of aromatic hydroxyl groups is 1. The van der Waals surface area contributed by atoms with Crippen LogP contribution in [0, 0.1) is 6.92 Å². The molecule has 0 spiro atoms. The molecule has 0 fully saturated rings. The van der Waals surface area contributed by atoms with Gasteiger partial charge in [-0.25, -0.2) is 5.43 Å². The molecular weight excluding hydrogens is 268 g/mol. The molecule has 0 radical (unpaired) electrons. The molecule has 2 rings (SSSR count). The number of nitrogens with zero attached hydrogens (tertiary/aromatic N) is 1. The number of phenols is 1. The molecular formula is C16H16N2O3. The third kappa shape index (κ3) is 3.60. The van der Waals surface area contributed by atoms with Crippen LogP contribution in [0.5, 0.6) is 11.5 Å². The molecule has 0 aliphatic heterocycles. The van der Waals surface area contributed by atoms with E-state index in [9.17, 15) is 9.90 Å². The van der Waals surface area contributed by atoms with Crippen LogP contribution in [0.15, 0.2) is 47.6 Å². The van der Waals surface area contributed by atoms with Crippen LogP contribution in [0.1, 0.15) is 21.5 Å². The molecule has 0 unspecified atom stereocenters. The van der Waals surface area contributed by atoms with E-state index < -0.39 is 5.91 Å². The van der Waals surface area contributed by atoms with Gasteiger partial charge in [0, 0.05) is 0 Å². The Balaban J connectivity index is 2.06. The molecule has 2 N–H and O–H groups in total. The monoisotopic (exact) mass is 284 g/mol. The topological polar surface area (TPSA) is 70.9 Å². The largest absolute Gasteiger partial charge is 0.507 e. The Bertz CT molecular complexity index is 681. The van der Waals surface area contributed by atoms with E-state index in [1.807, 2.05) is 25.1 Å². The van der Waals surface area contributed by atoms with Crippen molar-refractivity contribution in [3.05, 3.63) is 59.2 Å². The Morgan fingerprint density at radius 3 is 2.71 bits per heavy atom. The van der Waals surface area contributed by atoms with Gasteiger partial charge >= 0.3 is 0 Å². The number of rotatable bonds is 4. The fraction of sp³-hybridized carbons (Fsp3) is 0.125. The van der Waals surface area contributed by atoms with Gasteiger partial charge in [0.15, 0.2) is 0 Å². The molecule has 2 aromatic carbocycles. The van der Waals surface area contributed by atoms with Crippen LogP contribution >= 0.6 is 0 Å². The predicted octanol–water partition coefficient (Wildman–Crippen LogP) is 2.47. The standard InChI is InChI=1S/C16H16N2O3/c1-11-9-13(21-2)8-7-12(11)10-17-18-16(20)14-5-3-4-6-15(14)19/h3-10,19H,1-2H3,(H,18,20)/b17-10+. The molecule has 5 nitrogen and oxygen atoms in total. The molecule has 2 aromatic rings. The summed E-state index contributed by atoms with van der Waals surface area (Å²) >= 11 is 0. The number of hydrogen-bond acceptors (Lipinski definition) is 4. The van der Waals surface area contributed by atoms with Gasteiger partial charge in [-0.15, -0.1) is 0 Å². The van der Waals surface area contributed by atoms with Crippen molar-refractivity contribution in [1.29, 1.82) is 0 Å². The van der Waals surface area contributed by atoms with E-state index in [-0.39, 0.29) is 11.3 Å². The second kappa shape index (κ2) is 6.56. The summed E-state index contributed by atoms with van der Waals surface area (Å²) < 4.78 is 5.12. The molecule has 0 bridgehead atoms. The molecule has 0 atom stereocenters. The van der Waals surface area contributed by atoms with E-state index in [4.69, 9.17) is 4.74 Å². The van der Waals surface area contributed by atoms with Gasteiger partial charge < -0.3 is 9.84 Å². The second-order valence-electron chi connectivity index (χ2n) is 4.44. The summed E-state index contributed by atoms with van der Waals surface area (Å²) in [5, 5.41) is 13.5. The minimum atomic E-state index is -0.462. The maximum absolute atomic E-state index is 11.8. The first-order valence-corrected chi connectivity index (χ1v) is 6.38. The van der Waals surface area contributed by atoms with Gasteiger partial charge in [0.1, 0.15) is 11.5 Å². The highest BCUT2D eigenvalue weighted by Gasteiger charge is 2.08. The third-order valence-corrected chi connectivity index (χ3v) is 3.00. The molecule has 108 valence electrons. The molecule has 0 aliphatic carbocycles. The first-order chi connectivity index (χ1) is 10.1. The summed E-state index contributed by atoms with van der Waals surface area (Å²) in [7, 11) is 1.61. The zero-order valence-electron chi connectivity index (χ0n) is 11.8. The Labute approximate surface area is 122 Å². The van der Waals surface area contributed by atoms with Crippen molar-refractivity contribution < 1.29 is 14.6 Å². The first-order valence-electron chi connectivity index (χ1n) is 6.38. The summed E-state index contributed by atoms with van der Waals surface area (Å²) in [5.41, 5.74) is 4.42. The van der Waals surface area contributed by atoms with Gasteiger partial charge in [0.05, 0.1) is 18.9 Å². The van der Waals surface area contributed by atoms with Crippen molar-refractivity contribution in [3.63, 3.8) is 0 Å². The van der Waals surface area contributed by atoms with Crippen LogP contribution in [0.25, 0.3) is 0 Å².